The quantitative estimate of drug-likeness (QED) is 0.678. The van der Waals surface area contributed by atoms with Crippen molar-refractivity contribution in [3.05, 3.63) is 59.4 Å². The lowest BCUT2D eigenvalue weighted by Gasteiger charge is -2.34. The average Bonchev–Trinajstić information content (AvgIpc) is 3.04. The third kappa shape index (κ3) is 3.45. The molecule has 2 heterocycles. The number of sulfonamides is 1. The lowest BCUT2D eigenvalue weighted by atomic mass is 10.1. The van der Waals surface area contributed by atoms with Crippen molar-refractivity contribution in [2.75, 3.05) is 26.2 Å². The van der Waals surface area contributed by atoms with Crippen molar-refractivity contribution in [1.29, 1.82) is 0 Å². The molecule has 0 atom stereocenters. The number of rotatable bonds is 4. The van der Waals surface area contributed by atoms with Gasteiger partial charge in [-0.05, 0) is 44.0 Å². The van der Waals surface area contributed by atoms with Gasteiger partial charge in [0.15, 0.2) is 0 Å². The van der Waals surface area contributed by atoms with Gasteiger partial charge in [-0.3, -0.25) is 4.90 Å². The van der Waals surface area contributed by atoms with Crippen molar-refractivity contribution in [3.63, 3.8) is 0 Å². The number of fused-ring (bicyclic) bond motifs is 1. The SMILES string of the molecule is Cc1cc(C)c(S(=O)(=O)N2CCN(Cn3cnc4ccccc43)CC2)c(C)c1. The van der Waals surface area contributed by atoms with E-state index < -0.39 is 10.0 Å². The Morgan fingerprint density at radius 3 is 2.29 bits per heavy atom. The molecule has 7 heteroatoms. The number of aryl methyl sites for hydroxylation is 3. The Morgan fingerprint density at radius 2 is 1.61 bits per heavy atom. The van der Waals surface area contributed by atoms with Gasteiger partial charge in [0, 0.05) is 26.2 Å². The van der Waals surface area contributed by atoms with E-state index in [0.717, 1.165) is 34.4 Å². The van der Waals surface area contributed by atoms with Crippen LogP contribution in [0.1, 0.15) is 16.7 Å². The molecule has 6 nitrogen and oxygen atoms in total. The van der Waals surface area contributed by atoms with Crippen LogP contribution >= 0.6 is 0 Å². The van der Waals surface area contributed by atoms with Gasteiger partial charge in [-0.1, -0.05) is 29.8 Å². The highest BCUT2D eigenvalue weighted by Gasteiger charge is 2.31. The molecule has 1 aliphatic heterocycles. The summed E-state index contributed by atoms with van der Waals surface area (Å²) in [5.41, 5.74) is 4.82. The number of imidazole rings is 1. The van der Waals surface area contributed by atoms with Gasteiger partial charge in [0.25, 0.3) is 0 Å². The van der Waals surface area contributed by atoms with Crippen molar-refractivity contribution in [2.24, 2.45) is 0 Å². The van der Waals surface area contributed by atoms with Gasteiger partial charge in [-0.2, -0.15) is 4.31 Å². The molecule has 1 aromatic heterocycles. The monoisotopic (exact) mass is 398 g/mol. The first kappa shape index (κ1) is 19.1. The second kappa shape index (κ2) is 7.31. The zero-order chi connectivity index (χ0) is 19.9. The van der Waals surface area contributed by atoms with Crippen LogP contribution in [-0.2, 0) is 16.7 Å². The predicted molar refractivity (Wildman–Crippen MR) is 111 cm³/mol. The summed E-state index contributed by atoms with van der Waals surface area (Å²) in [7, 11) is -3.47. The summed E-state index contributed by atoms with van der Waals surface area (Å²) < 4.78 is 30.2. The molecule has 0 unspecified atom stereocenters. The second-order valence-electron chi connectivity index (χ2n) is 7.59. The smallest absolute Gasteiger partial charge is 0.243 e. The molecule has 28 heavy (non-hydrogen) atoms. The van der Waals surface area contributed by atoms with Crippen molar-refractivity contribution in [1.82, 2.24) is 18.8 Å². The number of aromatic nitrogens is 2. The fourth-order valence-corrected chi connectivity index (χ4v) is 5.99. The van der Waals surface area contributed by atoms with Crippen LogP contribution in [0.5, 0.6) is 0 Å². The van der Waals surface area contributed by atoms with Crippen LogP contribution in [0.4, 0.5) is 0 Å². The third-order valence-corrected chi connectivity index (χ3v) is 7.62. The standard InChI is InChI=1S/C21H26N4O2S/c1-16-12-17(2)21(18(3)13-16)28(26,27)25-10-8-23(9-11-25)15-24-14-22-19-6-4-5-7-20(19)24/h4-7,12-14H,8-11,15H2,1-3H3. The van der Waals surface area contributed by atoms with Gasteiger partial charge in [0.2, 0.25) is 10.0 Å². The molecule has 0 radical (unpaired) electrons. The van der Waals surface area contributed by atoms with Crippen LogP contribution in [0.3, 0.4) is 0 Å². The summed E-state index contributed by atoms with van der Waals surface area (Å²) in [4.78, 5) is 7.17. The molecule has 1 saturated heterocycles. The van der Waals surface area contributed by atoms with E-state index >= 15 is 0 Å². The van der Waals surface area contributed by atoms with E-state index in [1.807, 2.05) is 57.4 Å². The molecule has 0 N–H and O–H groups in total. The van der Waals surface area contributed by atoms with Crippen LogP contribution in [0, 0.1) is 20.8 Å². The third-order valence-electron chi connectivity index (χ3n) is 5.41. The molecule has 0 saturated carbocycles. The Bertz CT molecular complexity index is 1090. The minimum Gasteiger partial charge on any atom is -0.317 e. The maximum absolute atomic E-state index is 13.2. The zero-order valence-corrected chi connectivity index (χ0v) is 17.4. The van der Waals surface area contributed by atoms with Gasteiger partial charge in [0.05, 0.1) is 28.9 Å². The molecular weight excluding hydrogens is 372 g/mol. The second-order valence-corrected chi connectivity index (χ2v) is 9.47. The molecule has 3 aromatic rings. The molecule has 1 fully saturated rings. The van der Waals surface area contributed by atoms with Crippen molar-refractivity contribution < 1.29 is 8.42 Å². The summed E-state index contributed by atoms with van der Waals surface area (Å²) >= 11 is 0. The van der Waals surface area contributed by atoms with Crippen LogP contribution in [0.15, 0.2) is 47.6 Å². The van der Waals surface area contributed by atoms with E-state index in [1.165, 1.54) is 0 Å². The van der Waals surface area contributed by atoms with Crippen molar-refractivity contribution in [3.8, 4) is 0 Å². The Hall–Kier alpha value is -2.22. The van der Waals surface area contributed by atoms with Crippen molar-refractivity contribution in [2.45, 2.75) is 32.3 Å². The molecule has 2 aromatic carbocycles. The average molecular weight is 399 g/mol. The predicted octanol–water partition coefficient (Wildman–Crippen LogP) is 2.93. The number of para-hydroxylation sites is 2. The topological polar surface area (TPSA) is 58.4 Å². The molecule has 1 aliphatic rings. The van der Waals surface area contributed by atoms with E-state index in [2.05, 4.69) is 20.5 Å². The Morgan fingerprint density at radius 1 is 0.964 bits per heavy atom. The summed E-state index contributed by atoms with van der Waals surface area (Å²) in [5.74, 6) is 0. The number of hydrogen-bond acceptors (Lipinski definition) is 4. The molecule has 0 spiro atoms. The largest absolute Gasteiger partial charge is 0.317 e. The molecule has 0 aliphatic carbocycles. The normalized spacial score (nSPS) is 16.7. The van der Waals surface area contributed by atoms with Crippen LogP contribution in [0.2, 0.25) is 0 Å². The first-order chi connectivity index (χ1) is 13.4. The van der Waals surface area contributed by atoms with Crippen molar-refractivity contribution >= 4 is 21.1 Å². The first-order valence-corrected chi connectivity index (χ1v) is 11.0. The molecule has 148 valence electrons. The summed E-state index contributed by atoms with van der Waals surface area (Å²) in [6, 6.07) is 11.9. The minimum atomic E-state index is -3.47. The van der Waals surface area contributed by atoms with E-state index in [9.17, 15) is 8.42 Å². The lowest BCUT2D eigenvalue weighted by molar-refractivity contribution is 0.154. The van der Waals surface area contributed by atoms with E-state index in [-0.39, 0.29) is 0 Å². The maximum atomic E-state index is 13.2. The Labute approximate surface area is 166 Å². The highest BCUT2D eigenvalue weighted by atomic mass is 32.2. The highest BCUT2D eigenvalue weighted by Crippen LogP contribution is 2.26. The molecule has 0 bridgehead atoms. The van der Waals surface area contributed by atoms with Gasteiger partial charge in [-0.25, -0.2) is 13.4 Å². The maximum Gasteiger partial charge on any atom is 0.243 e. The Kier molecular flexibility index (Phi) is 4.99. The van der Waals surface area contributed by atoms with E-state index in [0.29, 0.717) is 31.1 Å². The van der Waals surface area contributed by atoms with E-state index in [1.54, 1.807) is 4.31 Å². The van der Waals surface area contributed by atoms with Gasteiger partial charge in [0.1, 0.15) is 0 Å². The summed E-state index contributed by atoms with van der Waals surface area (Å²) in [5, 5.41) is 0. The van der Waals surface area contributed by atoms with Crippen LogP contribution in [0.25, 0.3) is 11.0 Å². The number of hydrogen-bond donors (Lipinski definition) is 0. The highest BCUT2D eigenvalue weighted by molar-refractivity contribution is 7.89. The number of piperazine rings is 1. The number of nitrogens with zero attached hydrogens (tertiary/aromatic N) is 4. The fraction of sp³-hybridized carbons (Fsp3) is 0.381. The first-order valence-electron chi connectivity index (χ1n) is 9.56. The van der Waals surface area contributed by atoms with Crippen LogP contribution < -0.4 is 0 Å². The fourth-order valence-electron chi connectivity index (χ4n) is 4.15. The van der Waals surface area contributed by atoms with Crippen LogP contribution in [-0.4, -0.2) is 53.4 Å². The van der Waals surface area contributed by atoms with Gasteiger partial charge in [-0.15, -0.1) is 0 Å². The summed E-state index contributed by atoms with van der Waals surface area (Å²) in [6.07, 6.45) is 1.85. The molecule has 0 amide bonds. The number of benzene rings is 2. The lowest BCUT2D eigenvalue weighted by Crippen LogP contribution is -2.49. The Balaban J connectivity index is 1.48. The minimum absolute atomic E-state index is 0.465. The molecular formula is C21H26N4O2S. The summed E-state index contributed by atoms with van der Waals surface area (Å²) in [6.45, 7) is 8.89. The van der Waals surface area contributed by atoms with Gasteiger partial charge >= 0.3 is 0 Å². The zero-order valence-electron chi connectivity index (χ0n) is 16.6. The van der Waals surface area contributed by atoms with Gasteiger partial charge < -0.3 is 4.57 Å². The molecule has 4 rings (SSSR count). The van der Waals surface area contributed by atoms with E-state index in [4.69, 9.17) is 0 Å².